The molecule has 1 aliphatic heterocycles. The van der Waals surface area contributed by atoms with E-state index in [4.69, 9.17) is 14.7 Å². The van der Waals surface area contributed by atoms with E-state index in [1.165, 1.54) is 21.5 Å². The van der Waals surface area contributed by atoms with Gasteiger partial charge in [-0.1, -0.05) is 18.2 Å². The van der Waals surface area contributed by atoms with E-state index in [2.05, 4.69) is 4.98 Å². The first kappa shape index (κ1) is 21.5. The first-order chi connectivity index (χ1) is 14.4. The molecule has 1 aromatic heterocycles. The van der Waals surface area contributed by atoms with Crippen LogP contribution in [0.15, 0.2) is 47.5 Å². The Labute approximate surface area is 173 Å². The lowest BCUT2D eigenvalue weighted by atomic mass is 10.3. The molecular weight excluding hydrogens is 412 g/mol. The fourth-order valence-corrected chi connectivity index (χ4v) is 4.26. The predicted molar refractivity (Wildman–Crippen MR) is 105 cm³/mol. The Morgan fingerprint density at radius 3 is 2.60 bits per heavy atom. The summed E-state index contributed by atoms with van der Waals surface area (Å²) in [7, 11) is -3.76. The number of carbonyl (C=O) groups excluding carboxylic acids is 2. The van der Waals surface area contributed by atoms with Crippen molar-refractivity contribution in [3.63, 3.8) is 0 Å². The molecule has 1 N–H and O–H groups in total. The molecule has 10 nitrogen and oxygen atoms in total. The molecule has 0 unspecified atom stereocenters. The fourth-order valence-electron chi connectivity index (χ4n) is 2.86. The van der Waals surface area contributed by atoms with Crippen molar-refractivity contribution in [1.29, 1.82) is 5.26 Å². The Balaban J connectivity index is 1.64. The van der Waals surface area contributed by atoms with Crippen LogP contribution < -0.4 is 4.90 Å². The van der Waals surface area contributed by atoms with Gasteiger partial charge in [0.15, 0.2) is 6.61 Å². The van der Waals surface area contributed by atoms with Crippen LogP contribution in [0.3, 0.4) is 0 Å². The van der Waals surface area contributed by atoms with Crippen molar-refractivity contribution in [1.82, 2.24) is 9.29 Å². The van der Waals surface area contributed by atoms with Crippen LogP contribution in [-0.2, 0) is 24.3 Å². The Morgan fingerprint density at radius 2 is 1.93 bits per heavy atom. The van der Waals surface area contributed by atoms with Gasteiger partial charge in [0.1, 0.15) is 17.1 Å². The molecule has 0 radical (unpaired) electrons. The maximum absolute atomic E-state index is 12.6. The second-order valence-electron chi connectivity index (χ2n) is 6.32. The average molecular weight is 432 g/mol. The highest BCUT2D eigenvalue weighted by atomic mass is 32.2. The van der Waals surface area contributed by atoms with Gasteiger partial charge in [-0.2, -0.15) is 9.57 Å². The number of hydrogen-bond acceptors (Lipinski definition) is 7. The van der Waals surface area contributed by atoms with Crippen molar-refractivity contribution >= 4 is 27.6 Å². The lowest BCUT2D eigenvalue weighted by Gasteiger charge is -2.25. The number of ether oxygens (including phenoxy) is 2. The lowest BCUT2D eigenvalue weighted by molar-refractivity contribution is -0.121. The van der Waals surface area contributed by atoms with E-state index in [0.29, 0.717) is 18.9 Å². The Morgan fingerprint density at radius 1 is 1.23 bits per heavy atom. The number of nitriles is 1. The van der Waals surface area contributed by atoms with Gasteiger partial charge in [0, 0.05) is 25.0 Å². The van der Waals surface area contributed by atoms with Crippen molar-refractivity contribution in [3.05, 3.63) is 48.3 Å². The molecule has 2 aromatic rings. The number of rotatable bonds is 7. The van der Waals surface area contributed by atoms with Crippen LogP contribution in [-0.4, -0.2) is 69.0 Å². The normalized spacial score (nSPS) is 14.6. The minimum atomic E-state index is -3.76. The van der Waals surface area contributed by atoms with Crippen LogP contribution in [0.1, 0.15) is 10.5 Å². The highest BCUT2D eigenvalue weighted by Gasteiger charge is 2.28. The third-order valence-electron chi connectivity index (χ3n) is 4.41. The number of nitrogens with one attached hydrogen (secondary N) is 1. The van der Waals surface area contributed by atoms with E-state index >= 15 is 0 Å². The van der Waals surface area contributed by atoms with Gasteiger partial charge in [-0.3, -0.25) is 9.69 Å². The lowest BCUT2D eigenvalue weighted by Crippen LogP contribution is -2.40. The van der Waals surface area contributed by atoms with Crippen LogP contribution in [0.5, 0.6) is 0 Å². The van der Waals surface area contributed by atoms with Gasteiger partial charge in [0.05, 0.1) is 19.3 Å². The molecule has 1 saturated heterocycles. The van der Waals surface area contributed by atoms with Crippen LogP contribution >= 0.6 is 0 Å². The maximum atomic E-state index is 12.6. The van der Waals surface area contributed by atoms with E-state index in [9.17, 15) is 18.0 Å². The van der Waals surface area contributed by atoms with Gasteiger partial charge >= 0.3 is 5.97 Å². The van der Waals surface area contributed by atoms with Gasteiger partial charge in [-0.05, 0) is 18.2 Å². The Hall–Kier alpha value is -3.20. The molecule has 1 amide bonds. The summed E-state index contributed by atoms with van der Waals surface area (Å²) in [6.45, 7) is 0.277. The molecule has 11 heteroatoms. The van der Waals surface area contributed by atoms with Crippen LogP contribution in [0.2, 0.25) is 0 Å². The first-order valence-electron chi connectivity index (χ1n) is 9.09. The highest BCUT2D eigenvalue weighted by molar-refractivity contribution is 7.89. The number of hydrogen-bond donors (Lipinski definition) is 1. The van der Waals surface area contributed by atoms with Crippen molar-refractivity contribution in [3.8, 4) is 6.07 Å². The minimum absolute atomic E-state index is 0.0712. The largest absolute Gasteiger partial charge is 0.451 e. The second kappa shape index (κ2) is 9.53. The number of carbonyl (C=O) groups is 2. The first-order valence-corrected chi connectivity index (χ1v) is 10.5. The quantitative estimate of drug-likeness (QED) is 0.504. The molecule has 1 aromatic carbocycles. The standard InChI is InChI=1S/C19H20N4O6S/c20-6-7-23(15-4-2-1-3-5-15)18(24)14-29-19(25)17-12-16(13-21-17)30(26,27)22-8-10-28-11-9-22/h1-5,12-13,21H,7-11,14H2. The number of amides is 1. The SMILES string of the molecule is N#CCN(C(=O)COC(=O)c1cc(S(=O)(=O)N2CCOCC2)c[nH]1)c1ccccc1. The number of para-hydroxylation sites is 1. The molecule has 1 fully saturated rings. The number of esters is 1. The topological polar surface area (TPSA) is 133 Å². The van der Waals surface area contributed by atoms with Crippen molar-refractivity contribution in [2.45, 2.75) is 4.90 Å². The number of aromatic amines is 1. The molecule has 158 valence electrons. The van der Waals surface area contributed by atoms with E-state index in [1.54, 1.807) is 30.3 Å². The number of anilines is 1. The van der Waals surface area contributed by atoms with Crippen LogP contribution in [0.25, 0.3) is 0 Å². The summed E-state index contributed by atoms with van der Waals surface area (Å²) in [6, 6.07) is 11.6. The number of aromatic nitrogens is 1. The average Bonchev–Trinajstić information content (AvgIpc) is 3.28. The molecule has 0 spiro atoms. The van der Waals surface area contributed by atoms with Crippen LogP contribution in [0.4, 0.5) is 5.69 Å². The second-order valence-corrected chi connectivity index (χ2v) is 8.25. The molecule has 0 saturated carbocycles. The summed E-state index contributed by atoms with van der Waals surface area (Å²) in [5.41, 5.74) is 0.403. The van der Waals surface area contributed by atoms with Gasteiger partial charge in [-0.15, -0.1) is 0 Å². The Bertz CT molecular complexity index is 1040. The monoisotopic (exact) mass is 432 g/mol. The number of morpholine rings is 1. The number of benzene rings is 1. The molecule has 3 rings (SSSR count). The summed E-state index contributed by atoms with van der Waals surface area (Å²) >= 11 is 0. The third kappa shape index (κ3) is 4.85. The number of sulfonamides is 1. The van der Waals surface area contributed by atoms with Crippen LogP contribution in [0, 0.1) is 11.3 Å². The van der Waals surface area contributed by atoms with E-state index in [1.807, 2.05) is 6.07 Å². The third-order valence-corrected chi connectivity index (χ3v) is 6.29. The van der Waals surface area contributed by atoms with Gasteiger partial charge < -0.3 is 14.5 Å². The summed E-state index contributed by atoms with van der Waals surface area (Å²) < 4.78 is 36.7. The zero-order valence-electron chi connectivity index (χ0n) is 16.0. The van der Waals surface area contributed by atoms with E-state index < -0.39 is 28.5 Å². The van der Waals surface area contributed by atoms with E-state index in [-0.39, 0.29) is 30.2 Å². The van der Waals surface area contributed by atoms with Crippen molar-refractivity contribution < 1.29 is 27.5 Å². The number of H-pyrrole nitrogens is 1. The van der Waals surface area contributed by atoms with E-state index in [0.717, 1.165) is 0 Å². The zero-order chi connectivity index (χ0) is 21.6. The summed E-state index contributed by atoms with van der Waals surface area (Å²) in [5.74, 6) is -1.46. The van der Waals surface area contributed by atoms with Gasteiger partial charge in [0.2, 0.25) is 10.0 Å². The van der Waals surface area contributed by atoms with Crippen molar-refractivity contribution in [2.75, 3.05) is 44.4 Å². The summed E-state index contributed by atoms with van der Waals surface area (Å²) in [4.78, 5) is 28.4. The molecule has 0 aliphatic carbocycles. The van der Waals surface area contributed by atoms with Gasteiger partial charge in [0.25, 0.3) is 5.91 Å². The fraction of sp³-hybridized carbons (Fsp3) is 0.316. The number of nitrogens with zero attached hydrogens (tertiary/aromatic N) is 3. The predicted octanol–water partition coefficient (Wildman–Crippen LogP) is 0.749. The minimum Gasteiger partial charge on any atom is -0.451 e. The van der Waals surface area contributed by atoms with Gasteiger partial charge in [-0.25, -0.2) is 13.2 Å². The smallest absolute Gasteiger partial charge is 0.355 e. The van der Waals surface area contributed by atoms with Crippen molar-refractivity contribution in [2.24, 2.45) is 0 Å². The summed E-state index contributed by atoms with van der Waals surface area (Å²) in [5, 5.41) is 8.96. The molecule has 1 aliphatic rings. The molecule has 0 bridgehead atoms. The maximum Gasteiger partial charge on any atom is 0.355 e. The highest BCUT2D eigenvalue weighted by Crippen LogP contribution is 2.19. The molecule has 0 atom stereocenters. The Kier molecular flexibility index (Phi) is 6.83. The molecule has 30 heavy (non-hydrogen) atoms. The molecule has 2 heterocycles. The zero-order valence-corrected chi connectivity index (χ0v) is 16.8. The summed E-state index contributed by atoms with van der Waals surface area (Å²) in [6.07, 6.45) is 1.20. The molecular formula is C19H20N4O6S.